The molecule has 2 aromatic rings. The number of benzene rings is 1. The van der Waals surface area contributed by atoms with E-state index in [9.17, 15) is 4.79 Å². The lowest BCUT2D eigenvalue weighted by Crippen LogP contribution is -2.39. The highest BCUT2D eigenvalue weighted by atomic mass is 16.2. The Bertz CT molecular complexity index is 825. The first-order valence-electron chi connectivity index (χ1n) is 9.79. The van der Waals surface area contributed by atoms with Crippen LogP contribution in [0, 0.1) is 0 Å². The lowest BCUT2D eigenvalue weighted by molar-refractivity contribution is -0.133. The number of pyridine rings is 1. The molecule has 0 N–H and O–H groups in total. The van der Waals surface area contributed by atoms with Crippen molar-refractivity contribution in [2.75, 3.05) is 6.54 Å². The van der Waals surface area contributed by atoms with Gasteiger partial charge in [0.2, 0.25) is 5.91 Å². The molecular weight excluding hydrogens is 320 g/mol. The van der Waals surface area contributed by atoms with Crippen LogP contribution in [0.5, 0.6) is 0 Å². The summed E-state index contributed by atoms with van der Waals surface area (Å²) in [5.74, 6) is 0.294. The molecule has 1 unspecified atom stereocenters. The Morgan fingerprint density at radius 1 is 1.15 bits per heavy atom. The van der Waals surface area contributed by atoms with Gasteiger partial charge >= 0.3 is 0 Å². The Morgan fingerprint density at radius 3 is 2.77 bits per heavy atom. The minimum absolute atomic E-state index is 0.0586. The van der Waals surface area contributed by atoms with Gasteiger partial charge in [0.25, 0.3) is 0 Å². The summed E-state index contributed by atoms with van der Waals surface area (Å²) in [6.07, 6.45) is 9.51. The topological polar surface area (TPSA) is 33.2 Å². The Hall–Kier alpha value is -2.42. The Balaban J connectivity index is 1.69. The number of carbonyl (C=O) groups is 1. The zero-order chi connectivity index (χ0) is 17.9. The summed E-state index contributed by atoms with van der Waals surface area (Å²) in [6, 6.07) is 12.9. The minimum Gasteiger partial charge on any atom is -0.332 e. The van der Waals surface area contributed by atoms with Gasteiger partial charge in [-0.2, -0.15) is 0 Å². The van der Waals surface area contributed by atoms with Gasteiger partial charge in [0.1, 0.15) is 0 Å². The molecule has 0 radical (unpaired) electrons. The van der Waals surface area contributed by atoms with Crippen molar-refractivity contribution in [1.82, 2.24) is 9.88 Å². The molecule has 1 atom stereocenters. The maximum atomic E-state index is 13.0. The number of unbranched alkanes of at least 4 members (excludes halogenated alkanes) is 2. The van der Waals surface area contributed by atoms with Gasteiger partial charge in [0.15, 0.2) is 0 Å². The third-order valence-electron chi connectivity index (χ3n) is 5.69. The van der Waals surface area contributed by atoms with Crippen molar-refractivity contribution in [2.45, 2.75) is 51.5 Å². The van der Waals surface area contributed by atoms with Crippen molar-refractivity contribution < 1.29 is 4.79 Å². The summed E-state index contributed by atoms with van der Waals surface area (Å²) in [7, 11) is 0. The number of nitrogens with zero attached hydrogens (tertiary/aromatic N) is 2. The molecule has 0 spiro atoms. The summed E-state index contributed by atoms with van der Waals surface area (Å²) in [6.45, 7) is 2.99. The van der Waals surface area contributed by atoms with Gasteiger partial charge in [-0.1, -0.05) is 44.0 Å². The third kappa shape index (κ3) is 3.07. The van der Waals surface area contributed by atoms with E-state index in [2.05, 4.69) is 53.2 Å². The molecule has 2 aliphatic rings. The van der Waals surface area contributed by atoms with Crippen molar-refractivity contribution in [2.24, 2.45) is 0 Å². The van der Waals surface area contributed by atoms with E-state index in [-0.39, 0.29) is 6.04 Å². The monoisotopic (exact) mass is 346 g/mol. The molecule has 0 bridgehead atoms. The number of hydrogen-bond donors (Lipinski definition) is 0. The highest BCUT2D eigenvalue weighted by Gasteiger charge is 2.37. The highest BCUT2D eigenvalue weighted by molar-refractivity contribution is 5.83. The van der Waals surface area contributed by atoms with E-state index >= 15 is 0 Å². The quantitative estimate of drug-likeness (QED) is 0.718. The second-order valence-corrected chi connectivity index (χ2v) is 7.32. The number of fused-ring (bicyclic) bond motifs is 2. The van der Waals surface area contributed by atoms with Gasteiger partial charge in [-0.15, -0.1) is 0 Å². The van der Waals surface area contributed by atoms with E-state index in [1.165, 1.54) is 27.8 Å². The smallest absolute Gasteiger partial charge is 0.223 e. The number of carbonyl (C=O) groups excluding carboxylic acids is 1. The number of aromatic nitrogens is 1. The van der Waals surface area contributed by atoms with Crippen LogP contribution in [0.1, 0.15) is 61.8 Å². The highest BCUT2D eigenvalue weighted by Crippen LogP contribution is 2.46. The number of hydrogen-bond acceptors (Lipinski definition) is 2. The number of rotatable bonds is 5. The van der Waals surface area contributed by atoms with Crippen LogP contribution in [0.4, 0.5) is 0 Å². The summed E-state index contributed by atoms with van der Waals surface area (Å²) in [4.78, 5) is 19.3. The molecule has 26 heavy (non-hydrogen) atoms. The molecule has 1 aliphatic carbocycles. The van der Waals surface area contributed by atoms with Crippen LogP contribution in [0.2, 0.25) is 0 Å². The lowest BCUT2D eigenvalue weighted by Gasteiger charge is -2.38. The summed E-state index contributed by atoms with van der Waals surface area (Å²) in [5.41, 5.74) is 6.84. The average Bonchev–Trinajstić information content (AvgIpc) is 3.06. The van der Waals surface area contributed by atoms with Gasteiger partial charge in [-0.3, -0.25) is 9.78 Å². The van der Waals surface area contributed by atoms with Gasteiger partial charge in [0, 0.05) is 25.4 Å². The molecule has 134 valence electrons. The predicted molar refractivity (Wildman–Crippen MR) is 105 cm³/mol. The average molecular weight is 346 g/mol. The Labute approximate surface area is 155 Å². The molecule has 0 fully saturated rings. The Kier molecular flexibility index (Phi) is 4.87. The van der Waals surface area contributed by atoms with E-state index in [0.29, 0.717) is 12.3 Å². The zero-order valence-electron chi connectivity index (χ0n) is 15.4. The van der Waals surface area contributed by atoms with Crippen molar-refractivity contribution >= 4 is 11.5 Å². The van der Waals surface area contributed by atoms with Crippen LogP contribution in [-0.4, -0.2) is 22.3 Å². The largest absolute Gasteiger partial charge is 0.332 e. The molecular formula is C23H26N2O. The molecule has 3 nitrogen and oxygen atoms in total. The van der Waals surface area contributed by atoms with Crippen molar-refractivity contribution in [3.8, 4) is 0 Å². The van der Waals surface area contributed by atoms with Crippen molar-refractivity contribution in [3.05, 3.63) is 71.1 Å². The van der Waals surface area contributed by atoms with Crippen molar-refractivity contribution in [1.29, 1.82) is 0 Å². The second-order valence-electron chi connectivity index (χ2n) is 7.32. The zero-order valence-corrected chi connectivity index (χ0v) is 15.4. The van der Waals surface area contributed by atoms with E-state index in [1.54, 1.807) is 0 Å². The first kappa shape index (κ1) is 17.0. The van der Waals surface area contributed by atoms with Gasteiger partial charge in [-0.25, -0.2) is 0 Å². The summed E-state index contributed by atoms with van der Waals surface area (Å²) in [5, 5.41) is 0. The lowest BCUT2D eigenvalue weighted by atomic mass is 9.88. The SMILES string of the molecule is CCCCCC(=O)N1CCC2=C(Cc3ccccc32)C1c1ccncc1. The molecule has 1 aromatic heterocycles. The fraction of sp³-hybridized carbons (Fsp3) is 0.391. The minimum atomic E-state index is 0.0586. The van der Waals surface area contributed by atoms with Gasteiger partial charge in [-0.05, 0) is 59.2 Å². The molecule has 0 saturated carbocycles. The molecule has 4 rings (SSSR count). The van der Waals surface area contributed by atoms with E-state index in [1.807, 2.05) is 12.4 Å². The summed E-state index contributed by atoms with van der Waals surface area (Å²) >= 11 is 0. The molecule has 2 heterocycles. The van der Waals surface area contributed by atoms with Crippen LogP contribution in [0.15, 0.2) is 54.4 Å². The standard InChI is InChI=1S/C23H26N2O/c1-2-3-4-9-22(26)25-15-12-20-19-8-6-5-7-18(19)16-21(20)23(25)17-10-13-24-14-11-17/h5-8,10-11,13-14,23H,2-4,9,12,15-16H2,1H3. The second kappa shape index (κ2) is 7.45. The molecule has 1 aromatic carbocycles. The third-order valence-corrected chi connectivity index (χ3v) is 5.69. The molecule has 0 saturated heterocycles. The normalized spacial score (nSPS) is 18.7. The van der Waals surface area contributed by atoms with Crippen molar-refractivity contribution in [3.63, 3.8) is 0 Å². The molecule has 3 heteroatoms. The van der Waals surface area contributed by atoms with Crippen LogP contribution in [0.25, 0.3) is 5.57 Å². The van der Waals surface area contributed by atoms with E-state index in [4.69, 9.17) is 0 Å². The van der Waals surface area contributed by atoms with E-state index in [0.717, 1.165) is 38.6 Å². The fourth-order valence-electron chi connectivity index (χ4n) is 4.43. The predicted octanol–water partition coefficient (Wildman–Crippen LogP) is 4.95. The van der Waals surface area contributed by atoms with Crippen LogP contribution < -0.4 is 0 Å². The van der Waals surface area contributed by atoms with Crippen LogP contribution in [0.3, 0.4) is 0 Å². The maximum absolute atomic E-state index is 13.0. The maximum Gasteiger partial charge on any atom is 0.223 e. The first-order chi connectivity index (χ1) is 12.8. The molecule has 1 amide bonds. The Morgan fingerprint density at radius 2 is 1.96 bits per heavy atom. The molecule has 1 aliphatic heterocycles. The van der Waals surface area contributed by atoms with Crippen LogP contribution in [-0.2, 0) is 11.2 Å². The van der Waals surface area contributed by atoms with Gasteiger partial charge in [0.05, 0.1) is 6.04 Å². The first-order valence-corrected chi connectivity index (χ1v) is 9.79. The summed E-state index contributed by atoms with van der Waals surface area (Å²) < 4.78 is 0. The van der Waals surface area contributed by atoms with Gasteiger partial charge < -0.3 is 4.90 Å². The number of amides is 1. The van der Waals surface area contributed by atoms with Crippen LogP contribution >= 0.6 is 0 Å². The fourth-order valence-corrected chi connectivity index (χ4v) is 4.43. The van der Waals surface area contributed by atoms with E-state index < -0.39 is 0 Å².